The normalized spacial score (nSPS) is 23.3. The van der Waals surface area contributed by atoms with Gasteiger partial charge in [0.1, 0.15) is 12.2 Å². The summed E-state index contributed by atoms with van der Waals surface area (Å²) in [6.45, 7) is 4.49. The van der Waals surface area contributed by atoms with E-state index in [9.17, 15) is 15.0 Å². The first kappa shape index (κ1) is 27.1. The highest BCUT2D eigenvalue weighted by Gasteiger charge is 2.36. The molecule has 3 atom stereocenters. The molecule has 0 aromatic heterocycles. The van der Waals surface area contributed by atoms with E-state index in [1.54, 1.807) is 18.2 Å². The summed E-state index contributed by atoms with van der Waals surface area (Å²) in [5.74, 6) is 0.571. The Morgan fingerprint density at radius 1 is 1.26 bits per heavy atom. The minimum absolute atomic E-state index is 0.136. The van der Waals surface area contributed by atoms with Gasteiger partial charge in [0.25, 0.3) is 0 Å². The molecule has 1 heterocycles. The molecule has 34 heavy (non-hydrogen) atoms. The Bertz CT molecular complexity index is 848. The van der Waals surface area contributed by atoms with Crippen LogP contribution in [0.3, 0.4) is 0 Å². The van der Waals surface area contributed by atoms with E-state index in [1.807, 2.05) is 0 Å². The van der Waals surface area contributed by atoms with Gasteiger partial charge in [-0.25, -0.2) is 0 Å². The fraction of sp³-hybridized carbons (Fsp3) is 0.609. The Morgan fingerprint density at radius 2 is 2.03 bits per heavy atom. The first-order valence-electron chi connectivity index (χ1n) is 11.4. The highest BCUT2D eigenvalue weighted by Crippen LogP contribution is 2.36. The lowest BCUT2D eigenvalue weighted by atomic mass is 9.89. The number of carbonyl (C=O) groups is 1. The lowest BCUT2D eigenvalue weighted by Gasteiger charge is -2.35. The van der Waals surface area contributed by atoms with Crippen LogP contribution in [0.2, 0.25) is 0 Å². The lowest BCUT2D eigenvalue weighted by Crippen LogP contribution is -2.53. The smallest absolute Gasteiger partial charge is 0.247 e. The van der Waals surface area contributed by atoms with Gasteiger partial charge in [0.2, 0.25) is 5.91 Å². The van der Waals surface area contributed by atoms with Crippen molar-refractivity contribution in [2.45, 2.75) is 31.3 Å². The van der Waals surface area contributed by atoms with E-state index in [1.165, 1.54) is 7.11 Å². The van der Waals surface area contributed by atoms with Gasteiger partial charge in [-0.15, -0.1) is 0 Å². The molecular formula is C23H34IN3O7. The molecule has 11 heteroatoms. The molecule has 3 rings (SSSR count). The number of morpholine rings is 1. The topological polar surface area (TPSA) is 133 Å². The molecule has 1 aliphatic carbocycles. The Balaban J connectivity index is 1.77. The van der Waals surface area contributed by atoms with Crippen LogP contribution in [0.1, 0.15) is 12.0 Å². The van der Waals surface area contributed by atoms with Crippen LogP contribution < -0.4 is 20.1 Å². The second-order valence-electron chi connectivity index (χ2n) is 8.23. The van der Waals surface area contributed by atoms with Crippen molar-refractivity contribution in [1.29, 1.82) is 0 Å². The van der Waals surface area contributed by atoms with Gasteiger partial charge in [0.05, 0.1) is 37.1 Å². The number of halogens is 1. The van der Waals surface area contributed by atoms with E-state index < -0.39 is 18.2 Å². The summed E-state index contributed by atoms with van der Waals surface area (Å²) in [7, 11) is 1.51. The van der Waals surface area contributed by atoms with Gasteiger partial charge >= 0.3 is 0 Å². The standard InChI is InChI=1S/C23H34IN3O7/c1-32-20-11-15(14-29)10-17(24)22(20)34-19-13-16(23(31)26-3-7-28)12-18(21(19)30)25-2-4-27-5-8-33-9-6-27/h10-11,13,18-19,21,25,28-30H,2-9,12,14H2,1H3,(H,26,31)/t18-,19+,21+/m1/s1. The zero-order valence-corrected chi connectivity index (χ0v) is 21.5. The highest BCUT2D eigenvalue weighted by atomic mass is 127. The third-order valence-corrected chi connectivity index (χ3v) is 6.71. The zero-order valence-electron chi connectivity index (χ0n) is 19.3. The summed E-state index contributed by atoms with van der Waals surface area (Å²) in [6, 6.07) is 3.07. The van der Waals surface area contributed by atoms with Crippen LogP contribution in [0.15, 0.2) is 23.8 Å². The number of hydrogen-bond acceptors (Lipinski definition) is 9. The highest BCUT2D eigenvalue weighted by molar-refractivity contribution is 14.1. The Hall–Kier alpha value is -1.48. The number of amides is 1. The molecule has 1 aromatic rings. The largest absolute Gasteiger partial charge is 0.493 e. The van der Waals surface area contributed by atoms with Gasteiger partial charge in [-0.3, -0.25) is 9.69 Å². The number of carbonyl (C=O) groups excluding carboxylic acids is 1. The summed E-state index contributed by atoms with van der Waals surface area (Å²) in [6.07, 6.45) is 0.260. The van der Waals surface area contributed by atoms with Crippen LogP contribution in [0.4, 0.5) is 0 Å². The molecule has 1 amide bonds. The summed E-state index contributed by atoms with van der Waals surface area (Å²) < 4.78 is 17.7. The van der Waals surface area contributed by atoms with Gasteiger partial charge in [-0.1, -0.05) is 0 Å². The van der Waals surface area contributed by atoms with E-state index in [2.05, 4.69) is 38.1 Å². The quantitative estimate of drug-likeness (QED) is 0.219. The van der Waals surface area contributed by atoms with Gasteiger partial charge in [-0.05, 0) is 52.8 Å². The molecule has 1 fully saturated rings. The number of benzene rings is 1. The molecule has 1 saturated heterocycles. The van der Waals surface area contributed by atoms with Crippen molar-refractivity contribution < 1.29 is 34.3 Å². The van der Waals surface area contributed by atoms with Crippen molar-refractivity contribution in [2.75, 3.05) is 59.7 Å². The molecule has 0 bridgehead atoms. The minimum atomic E-state index is -0.905. The molecule has 0 radical (unpaired) electrons. The molecule has 1 aromatic carbocycles. The average Bonchev–Trinajstić information content (AvgIpc) is 2.85. The molecule has 2 aliphatic rings. The SMILES string of the molecule is COc1cc(CO)cc(I)c1O[C@H]1C=C(C(=O)NCCO)C[C@@H](NCCN2CCOCC2)[C@@H]1O. The lowest BCUT2D eigenvalue weighted by molar-refractivity contribution is -0.118. The number of methoxy groups -OCH3 is 1. The second-order valence-corrected chi connectivity index (χ2v) is 9.39. The molecule has 5 N–H and O–H groups in total. The number of nitrogens with one attached hydrogen (secondary N) is 2. The predicted octanol–water partition coefficient (Wildman–Crippen LogP) is -0.371. The fourth-order valence-electron chi connectivity index (χ4n) is 4.05. The Morgan fingerprint density at radius 3 is 2.71 bits per heavy atom. The molecule has 0 saturated carbocycles. The first-order valence-corrected chi connectivity index (χ1v) is 12.5. The summed E-state index contributed by atoms with van der Waals surface area (Å²) >= 11 is 2.09. The van der Waals surface area contributed by atoms with Crippen molar-refractivity contribution in [3.05, 3.63) is 32.9 Å². The Labute approximate surface area is 213 Å². The number of aliphatic hydroxyl groups excluding tert-OH is 3. The second kappa shape index (κ2) is 13.6. The van der Waals surface area contributed by atoms with Gasteiger partial charge in [0, 0.05) is 44.3 Å². The maximum atomic E-state index is 12.7. The van der Waals surface area contributed by atoms with Crippen molar-refractivity contribution in [3.63, 3.8) is 0 Å². The van der Waals surface area contributed by atoms with Crippen molar-refractivity contribution in [2.24, 2.45) is 0 Å². The minimum Gasteiger partial charge on any atom is -0.493 e. The molecule has 1 aliphatic heterocycles. The van der Waals surface area contributed by atoms with E-state index in [-0.39, 0.29) is 25.7 Å². The van der Waals surface area contributed by atoms with E-state index >= 15 is 0 Å². The van der Waals surface area contributed by atoms with E-state index in [0.29, 0.717) is 35.6 Å². The van der Waals surface area contributed by atoms with Crippen LogP contribution in [-0.2, 0) is 16.1 Å². The van der Waals surface area contributed by atoms with Gasteiger partial charge in [-0.2, -0.15) is 0 Å². The van der Waals surface area contributed by atoms with Crippen molar-refractivity contribution in [1.82, 2.24) is 15.5 Å². The van der Waals surface area contributed by atoms with Crippen LogP contribution in [0, 0.1) is 3.57 Å². The molecule has 0 spiro atoms. The van der Waals surface area contributed by atoms with Crippen LogP contribution >= 0.6 is 22.6 Å². The number of ether oxygens (including phenoxy) is 3. The maximum absolute atomic E-state index is 12.7. The summed E-state index contributed by atoms with van der Waals surface area (Å²) in [5.41, 5.74) is 1.16. The van der Waals surface area contributed by atoms with Crippen molar-refractivity contribution in [3.8, 4) is 11.5 Å². The summed E-state index contributed by atoms with van der Waals surface area (Å²) in [5, 5.41) is 35.8. The third-order valence-electron chi connectivity index (χ3n) is 5.91. The first-order chi connectivity index (χ1) is 16.5. The average molecular weight is 591 g/mol. The van der Waals surface area contributed by atoms with Crippen LogP contribution in [0.25, 0.3) is 0 Å². The van der Waals surface area contributed by atoms with Crippen LogP contribution in [0.5, 0.6) is 11.5 Å². The molecule has 0 unspecified atom stereocenters. The number of hydrogen-bond donors (Lipinski definition) is 5. The van der Waals surface area contributed by atoms with Crippen LogP contribution in [-0.4, -0.2) is 104 Å². The van der Waals surface area contributed by atoms with Crippen molar-refractivity contribution >= 4 is 28.5 Å². The third kappa shape index (κ3) is 7.26. The predicted molar refractivity (Wildman–Crippen MR) is 134 cm³/mol. The number of rotatable bonds is 11. The molecule has 190 valence electrons. The number of aliphatic hydroxyl groups is 3. The monoisotopic (exact) mass is 591 g/mol. The summed E-state index contributed by atoms with van der Waals surface area (Å²) in [4.78, 5) is 15.0. The van der Waals surface area contributed by atoms with E-state index in [0.717, 1.165) is 36.4 Å². The van der Waals surface area contributed by atoms with Gasteiger partial charge in [0.15, 0.2) is 11.5 Å². The zero-order chi connectivity index (χ0) is 24.5. The molecule has 10 nitrogen and oxygen atoms in total. The van der Waals surface area contributed by atoms with E-state index in [4.69, 9.17) is 19.3 Å². The Kier molecular flexibility index (Phi) is 10.8. The molecular weight excluding hydrogens is 557 g/mol. The maximum Gasteiger partial charge on any atom is 0.247 e. The van der Waals surface area contributed by atoms with Gasteiger partial charge < -0.3 is 40.2 Å². The number of nitrogens with zero attached hydrogens (tertiary/aromatic N) is 1. The fourth-order valence-corrected chi connectivity index (χ4v) is 4.84.